The van der Waals surface area contributed by atoms with Crippen LogP contribution in [0.2, 0.25) is 0 Å². The van der Waals surface area contributed by atoms with Crippen molar-refractivity contribution in [1.29, 1.82) is 0 Å². The molecule has 0 bridgehead atoms. The summed E-state index contributed by atoms with van der Waals surface area (Å²) in [7, 11) is 0. The van der Waals surface area contributed by atoms with Crippen LogP contribution in [-0.2, 0) is 10.2 Å². The van der Waals surface area contributed by atoms with Gasteiger partial charge in [0.1, 0.15) is 5.66 Å². The number of fused-ring (bicyclic) bond motifs is 3. The molecule has 1 saturated heterocycles. The Morgan fingerprint density at radius 1 is 1.19 bits per heavy atom. The highest BCUT2D eigenvalue weighted by molar-refractivity contribution is 9.10. The highest BCUT2D eigenvalue weighted by Crippen LogP contribution is 2.52. The van der Waals surface area contributed by atoms with Gasteiger partial charge >= 0.3 is 0 Å². The maximum atomic E-state index is 12.4. The third-order valence-corrected chi connectivity index (χ3v) is 6.25. The Morgan fingerprint density at radius 2 is 2.00 bits per heavy atom. The van der Waals surface area contributed by atoms with Gasteiger partial charge in [-0.25, -0.2) is 0 Å². The lowest BCUT2D eigenvalue weighted by molar-refractivity contribution is -0.124. The molecule has 3 nitrogen and oxygen atoms in total. The molecule has 4 heteroatoms. The zero-order valence-corrected chi connectivity index (χ0v) is 16.9. The van der Waals surface area contributed by atoms with Gasteiger partial charge in [-0.2, -0.15) is 0 Å². The summed E-state index contributed by atoms with van der Waals surface area (Å²) in [5.74, 6) is 0.109. The Labute approximate surface area is 163 Å². The van der Waals surface area contributed by atoms with E-state index in [1.54, 1.807) is 0 Å². The zero-order chi connectivity index (χ0) is 18.5. The van der Waals surface area contributed by atoms with E-state index < -0.39 is 5.66 Å². The molecule has 0 aromatic heterocycles. The fourth-order valence-electron chi connectivity index (χ4n) is 4.29. The molecular weight excluding hydrogens is 388 g/mol. The first-order valence-electron chi connectivity index (χ1n) is 8.98. The number of nitrogens with zero attached hydrogens (tertiary/aromatic N) is 1. The minimum absolute atomic E-state index is 0.109. The van der Waals surface area contributed by atoms with Gasteiger partial charge in [-0.3, -0.25) is 4.79 Å². The van der Waals surface area contributed by atoms with Crippen LogP contribution in [0.4, 0.5) is 5.69 Å². The van der Waals surface area contributed by atoms with Gasteiger partial charge in [0.05, 0.1) is 0 Å². The van der Waals surface area contributed by atoms with E-state index in [4.69, 9.17) is 0 Å². The fourth-order valence-corrected chi connectivity index (χ4v) is 4.71. The lowest BCUT2D eigenvalue weighted by Gasteiger charge is -2.49. The molecule has 2 aromatic carbocycles. The van der Waals surface area contributed by atoms with E-state index in [2.05, 4.69) is 89.4 Å². The minimum atomic E-state index is -0.555. The molecule has 0 radical (unpaired) electrons. The lowest BCUT2D eigenvalue weighted by Crippen LogP contribution is -2.68. The first-order valence-corrected chi connectivity index (χ1v) is 9.77. The first-order chi connectivity index (χ1) is 12.3. The summed E-state index contributed by atoms with van der Waals surface area (Å²) in [5.41, 5.74) is 4.07. The zero-order valence-electron chi connectivity index (χ0n) is 15.3. The largest absolute Gasteiger partial charge is 0.344 e. The Morgan fingerprint density at radius 3 is 2.77 bits per heavy atom. The van der Waals surface area contributed by atoms with Gasteiger partial charge in [-0.05, 0) is 42.3 Å². The Balaban J connectivity index is 1.86. The maximum Gasteiger partial charge on any atom is 0.223 e. The predicted molar refractivity (Wildman–Crippen MR) is 110 cm³/mol. The van der Waals surface area contributed by atoms with Gasteiger partial charge < -0.3 is 10.2 Å². The number of halogens is 1. The summed E-state index contributed by atoms with van der Waals surface area (Å²) in [6, 6.07) is 14.8. The van der Waals surface area contributed by atoms with Crippen LogP contribution >= 0.6 is 15.9 Å². The van der Waals surface area contributed by atoms with Crippen LogP contribution < -0.4 is 10.2 Å². The van der Waals surface area contributed by atoms with Crippen LogP contribution in [0.1, 0.15) is 37.0 Å². The van der Waals surface area contributed by atoms with E-state index in [0.717, 1.165) is 16.6 Å². The molecule has 1 amide bonds. The Kier molecular flexibility index (Phi) is 3.99. The SMILES string of the molecule is Cc1ccc2c(c1)C(C)(C)[C@@]1(/C=C/c3cccc(Br)c3)NC(=O)CCN21. The van der Waals surface area contributed by atoms with Crippen molar-refractivity contribution in [1.82, 2.24) is 5.32 Å². The standard InChI is InChI=1S/C22H23BrN2O/c1-15-7-8-19-18(13-15)21(2,3)22(24-20(26)10-12-25(19)22)11-9-16-5-4-6-17(23)14-16/h4-9,11,13-14H,10,12H2,1-3H3,(H,24,26)/b11-9+/t22-/m0/s1. The number of nitrogens with one attached hydrogen (secondary N) is 1. The number of carbonyl (C=O) groups excluding carboxylic acids is 1. The van der Waals surface area contributed by atoms with Gasteiger partial charge in [0.15, 0.2) is 0 Å². The number of amides is 1. The molecule has 2 aromatic rings. The van der Waals surface area contributed by atoms with Gasteiger partial charge in [-0.15, -0.1) is 0 Å². The van der Waals surface area contributed by atoms with Crippen LogP contribution in [0.5, 0.6) is 0 Å². The van der Waals surface area contributed by atoms with Crippen molar-refractivity contribution in [3.05, 3.63) is 69.7 Å². The fraction of sp³-hybridized carbons (Fsp3) is 0.318. The van der Waals surface area contributed by atoms with E-state index in [1.807, 2.05) is 12.1 Å². The molecule has 1 N–H and O–H groups in total. The van der Waals surface area contributed by atoms with Crippen molar-refractivity contribution in [2.45, 2.75) is 38.3 Å². The van der Waals surface area contributed by atoms with Crippen molar-refractivity contribution in [3.8, 4) is 0 Å². The van der Waals surface area contributed by atoms with Gasteiger partial charge in [0, 0.05) is 28.5 Å². The molecule has 0 spiro atoms. The number of anilines is 1. The van der Waals surface area contributed by atoms with E-state index in [1.165, 1.54) is 16.8 Å². The van der Waals surface area contributed by atoms with E-state index in [-0.39, 0.29) is 11.3 Å². The molecule has 1 atom stereocenters. The predicted octanol–water partition coefficient (Wildman–Crippen LogP) is 4.78. The number of hydrogen-bond donors (Lipinski definition) is 1. The highest BCUT2D eigenvalue weighted by atomic mass is 79.9. The molecule has 0 unspecified atom stereocenters. The molecule has 0 aliphatic carbocycles. The summed E-state index contributed by atoms with van der Waals surface area (Å²) in [6.07, 6.45) is 4.81. The summed E-state index contributed by atoms with van der Waals surface area (Å²) in [6.45, 7) is 7.30. The average molecular weight is 411 g/mol. The molecule has 0 saturated carbocycles. The summed E-state index contributed by atoms with van der Waals surface area (Å²) < 4.78 is 1.05. The molecule has 1 fully saturated rings. The van der Waals surface area contributed by atoms with Gasteiger partial charge in [0.25, 0.3) is 0 Å². The third kappa shape index (κ3) is 2.50. The smallest absolute Gasteiger partial charge is 0.223 e. The molecule has 2 heterocycles. The molecular formula is C22H23BrN2O. The van der Waals surface area contributed by atoms with Crippen molar-refractivity contribution in [3.63, 3.8) is 0 Å². The second kappa shape index (κ2) is 5.98. The van der Waals surface area contributed by atoms with Crippen LogP contribution in [-0.4, -0.2) is 18.1 Å². The van der Waals surface area contributed by atoms with Gasteiger partial charge in [0.2, 0.25) is 5.91 Å². The normalized spacial score (nSPS) is 23.7. The lowest BCUT2D eigenvalue weighted by atomic mass is 9.74. The van der Waals surface area contributed by atoms with Crippen molar-refractivity contribution < 1.29 is 4.79 Å². The van der Waals surface area contributed by atoms with Crippen LogP contribution in [0, 0.1) is 6.92 Å². The second-order valence-corrected chi connectivity index (χ2v) is 8.67. The van der Waals surface area contributed by atoms with Gasteiger partial charge in [-0.1, -0.05) is 65.7 Å². The summed E-state index contributed by atoms with van der Waals surface area (Å²) in [4.78, 5) is 14.8. The number of benzene rings is 2. The van der Waals surface area contributed by atoms with Crippen LogP contribution in [0.15, 0.2) is 53.0 Å². The number of aryl methyl sites for hydroxylation is 1. The summed E-state index contributed by atoms with van der Waals surface area (Å²) >= 11 is 3.53. The number of carbonyl (C=O) groups is 1. The Bertz CT molecular complexity index is 918. The van der Waals surface area contributed by atoms with Crippen molar-refractivity contribution >= 4 is 33.6 Å². The minimum Gasteiger partial charge on any atom is -0.344 e. The molecule has 2 aliphatic rings. The van der Waals surface area contributed by atoms with Crippen molar-refractivity contribution in [2.24, 2.45) is 0 Å². The van der Waals surface area contributed by atoms with Crippen molar-refractivity contribution in [2.75, 3.05) is 11.4 Å². The quantitative estimate of drug-likeness (QED) is 0.771. The highest BCUT2D eigenvalue weighted by Gasteiger charge is 2.57. The third-order valence-electron chi connectivity index (χ3n) is 5.75. The number of rotatable bonds is 2. The molecule has 134 valence electrons. The summed E-state index contributed by atoms with van der Waals surface area (Å²) in [5, 5.41) is 3.32. The molecule has 26 heavy (non-hydrogen) atoms. The van der Waals surface area contributed by atoms with E-state index >= 15 is 0 Å². The topological polar surface area (TPSA) is 32.3 Å². The molecule has 4 rings (SSSR count). The van der Waals surface area contributed by atoms with E-state index in [9.17, 15) is 4.79 Å². The second-order valence-electron chi connectivity index (χ2n) is 7.75. The number of hydrogen-bond acceptors (Lipinski definition) is 2. The van der Waals surface area contributed by atoms with Crippen LogP contribution in [0.3, 0.4) is 0 Å². The maximum absolute atomic E-state index is 12.4. The first kappa shape index (κ1) is 17.3. The average Bonchev–Trinajstić information content (AvgIpc) is 2.78. The molecule has 2 aliphatic heterocycles. The van der Waals surface area contributed by atoms with E-state index in [0.29, 0.717) is 6.42 Å². The Hall–Kier alpha value is -2.07. The van der Waals surface area contributed by atoms with Crippen LogP contribution in [0.25, 0.3) is 6.08 Å². The monoisotopic (exact) mass is 410 g/mol.